The number of hydrogen-bond acceptors (Lipinski definition) is 6. The predicted molar refractivity (Wildman–Crippen MR) is 129 cm³/mol. The van der Waals surface area contributed by atoms with Crippen LogP contribution in [0.25, 0.3) is 5.65 Å². The van der Waals surface area contributed by atoms with E-state index in [9.17, 15) is 4.79 Å². The van der Waals surface area contributed by atoms with Crippen molar-refractivity contribution in [1.82, 2.24) is 14.6 Å². The van der Waals surface area contributed by atoms with Crippen molar-refractivity contribution in [3.05, 3.63) is 47.1 Å². The average Bonchev–Trinajstić information content (AvgIpc) is 3.15. The normalized spacial score (nSPS) is 14.9. The summed E-state index contributed by atoms with van der Waals surface area (Å²) in [6.07, 6.45) is 4.04. The molecular formula is C24H29BrN4O4. The van der Waals surface area contributed by atoms with Crippen molar-refractivity contribution in [1.29, 1.82) is 0 Å². The van der Waals surface area contributed by atoms with Gasteiger partial charge in [0.2, 0.25) is 5.88 Å². The number of para-hydroxylation sites is 1. The zero-order valence-electron chi connectivity index (χ0n) is 19.2. The van der Waals surface area contributed by atoms with E-state index in [2.05, 4.69) is 26.0 Å². The molecule has 3 aromatic rings. The predicted octanol–water partition coefficient (Wildman–Crippen LogP) is 5.84. The first-order chi connectivity index (χ1) is 15.8. The zero-order chi connectivity index (χ0) is 23.4. The molecule has 1 fully saturated rings. The SMILES string of the molecule is CC(C)(C)OC(=O)N(CCC1CCOCC1)c1cc(Oc2ccccc2)nc2c(Br)cnn12. The van der Waals surface area contributed by atoms with E-state index in [1.54, 1.807) is 21.7 Å². The fourth-order valence-electron chi connectivity index (χ4n) is 3.72. The Morgan fingerprint density at radius 1 is 1.24 bits per heavy atom. The molecule has 33 heavy (non-hydrogen) atoms. The molecule has 2 aromatic heterocycles. The number of hydrogen-bond donors (Lipinski definition) is 0. The molecule has 0 spiro atoms. The Morgan fingerprint density at radius 3 is 2.67 bits per heavy atom. The van der Waals surface area contributed by atoms with Gasteiger partial charge in [-0.15, -0.1) is 0 Å². The fraction of sp³-hybridized carbons (Fsp3) is 0.458. The Kier molecular flexibility index (Phi) is 7.19. The standard InChI is InChI=1S/C24H29BrN4O4/c1-24(2,3)33-23(30)28(12-9-17-10-13-31-14-11-17)21-15-20(32-18-7-5-4-6-8-18)27-22-19(25)16-26-29(21)22/h4-8,15-17H,9-14H2,1-3H3. The molecular weight excluding hydrogens is 488 g/mol. The highest BCUT2D eigenvalue weighted by atomic mass is 79.9. The molecule has 176 valence electrons. The van der Waals surface area contributed by atoms with Crippen molar-refractivity contribution in [2.24, 2.45) is 5.92 Å². The Labute approximate surface area is 202 Å². The summed E-state index contributed by atoms with van der Waals surface area (Å²) in [5.41, 5.74) is -0.0770. The quantitative estimate of drug-likeness (QED) is 0.409. The van der Waals surface area contributed by atoms with Crippen LogP contribution in [0.1, 0.15) is 40.0 Å². The second kappa shape index (κ2) is 10.1. The van der Waals surface area contributed by atoms with E-state index in [0.29, 0.717) is 40.0 Å². The lowest BCUT2D eigenvalue weighted by atomic mass is 9.96. The van der Waals surface area contributed by atoms with Crippen LogP contribution in [-0.2, 0) is 9.47 Å². The molecule has 0 saturated carbocycles. The second-order valence-electron chi connectivity index (χ2n) is 9.07. The number of ether oxygens (including phenoxy) is 3. The monoisotopic (exact) mass is 516 g/mol. The molecule has 9 heteroatoms. The van der Waals surface area contributed by atoms with Crippen molar-refractivity contribution >= 4 is 33.5 Å². The number of rotatable bonds is 6. The maximum absolute atomic E-state index is 13.3. The molecule has 1 aliphatic heterocycles. The van der Waals surface area contributed by atoms with Crippen molar-refractivity contribution in [2.45, 2.75) is 45.6 Å². The van der Waals surface area contributed by atoms with Crippen LogP contribution in [-0.4, -0.2) is 46.1 Å². The molecule has 1 amide bonds. The average molecular weight is 517 g/mol. The van der Waals surface area contributed by atoms with Gasteiger partial charge in [-0.25, -0.2) is 4.79 Å². The number of amides is 1. The van der Waals surface area contributed by atoms with E-state index < -0.39 is 11.7 Å². The Balaban J connectivity index is 1.70. The van der Waals surface area contributed by atoms with Crippen LogP contribution < -0.4 is 9.64 Å². The van der Waals surface area contributed by atoms with Crippen LogP contribution >= 0.6 is 15.9 Å². The molecule has 4 rings (SSSR count). The number of carbonyl (C=O) groups excluding carboxylic acids is 1. The molecule has 1 aromatic carbocycles. The first-order valence-electron chi connectivity index (χ1n) is 11.2. The number of benzene rings is 1. The molecule has 0 atom stereocenters. The number of carbonyl (C=O) groups is 1. The Hall–Kier alpha value is -2.65. The van der Waals surface area contributed by atoms with Gasteiger partial charge in [-0.2, -0.15) is 14.6 Å². The summed E-state index contributed by atoms with van der Waals surface area (Å²) in [6, 6.07) is 11.1. The van der Waals surface area contributed by atoms with Gasteiger partial charge in [0.05, 0.1) is 10.7 Å². The van der Waals surface area contributed by atoms with E-state index >= 15 is 0 Å². The van der Waals surface area contributed by atoms with Crippen molar-refractivity contribution < 1.29 is 19.0 Å². The lowest BCUT2D eigenvalue weighted by Gasteiger charge is -2.29. The van der Waals surface area contributed by atoms with Gasteiger partial charge in [-0.3, -0.25) is 4.90 Å². The van der Waals surface area contributed by atoms with E-state index in [4.69, 9.17) is 14.2 Å². The highest BCUT2D eigenvalue weighted by Crippen LogP contribution is 2.30. The third-order valence-corrected chi connectivity index (χ3v) is 5.90. The van der Waals surface area contributed by atoms with Crippen molar-refractivity contribution in [2.75, 3.05) is 24.7 Å². The van der Waals surface area contributed by atoms with Crippen LogP contribution in [0.5, 0.6) is 11.6 Å². The van der Waals surface area contributed by atoms with Crippen LogP contribution in [0.3, 0.4) is 0 Å². The minimum absolute atomic E-state index is 0.365. The Morgan fingerprint density at radius 2 is 1.97 bits per heavy atom. The van der Waals surface area contributed by atoms with E-state index in [0.717, 1.165) is 32.5 Å². The van der Waals surface area contributed by atoms with Gasteiger partial charge in [0, 0.05) is 25.8 Å². The van der Waals surface area contributed by atoms with E-state index in [-0.39, 0.29) is 0 Å². The van der Waals surface area contributed by atoms with E-state index in [1.807, 2.05) is 51.1 Å². The molecule has 0 radical (unpaired) electrons. The third kappa shape index (κ3) is 6.03. The van der Waals surface area contributed by atoms with Crippen molar-refractivity contribution in [3.63, 3.8) is 0 Å². The van der Waals surface area contributed by atoms with Gasteiger partial charge >= 0.3 is 6.09 Å². The number of aromatic nitrogens is 3. The van der Waals surface area contributed by atoms with Gasteiger partial charge in [0.25, 0.3) is 0 Å². The van der Waals surface area contributed by atoms with E-state index in [1.165, 1.54) is 0 Å². The second-order valence-corrected chi connectivity index (χ2v) is 9.93. The van der Waals surface area contributed by atoms with Gasteiger partial charge < -0.3 is 14.2 Å². The van der Waals surface area contributed by atoms with Crippen LogP contribution in [0, 0.1) is 5.92 Å². The molecule has 1 saturated heterocycles. The number of halogens is 1. The lowest BCUT2D eigenvalue weighted by molar-refractivity contribution is 0.0551. The minimum atomic E-state index is -0.631. The maximum atomic E-state index is 13.3. The van der Waals surface area contributed by atoms with Crippen LogP contribution in [0.4, 0.5) is 10.6 Å². The van der Waals surface area contributed by atoms with Crippen molar-refractivity contribution in [3.8, 4) is 11.6 Å². The first-order valence-corrected chi connectivity index (χ1v) is 11.9. The topological polar surface area (TPSA) is 78.2 Å². The number of nitrogens with zero attached hydrogens (tertiary/aromatic N) is 4. The largest absolute Gasteiger partial charge is 0.443 e. The number of fused-ring (bicyclic) bond motifs is 1. The third-order valence-electron chi connectivity index (χ3n) is 5.34. The molecule has 8 nitrogen and oxygen atoms in total. The molecule has 0 unspecified atom stereocenters. The highest BCUT2D eigenvalue weighted by molar-refractivity contribution is 9.10. The fourth-order valence-corrected chi connectivity index (χ4v) is 4.06. The summed E-state index contributed by atoms with van der Waals surface area (Å²) in [7, 11) is 0. The maximum Gasteiger partial charge on any atom is 0.416 e. The molecule has 0 bridgehead atoms. The molecule has 3 heterocycles. The molecule has 0 N–H and O–H groups in total. The van der Waals surface area contributed by atoms with Crippen LogP contribution in [0.2, 0.25) is 0 Å². The van der Waals surface area contributed by atoms with Crippen LogP contribution in [0.15, 0.2) is 47.1 Å². The summed E-state index contributed by atoms with van der Waals surface area (Å²) < 4.78 is 19.6. The summed E-state index contributed by atoms with van der Waals surface area (Å²) in [4.78, 5) is 19.5. The highest BCUT2D eigenvalue weighted by Gasteiger charge is 2.28. The summed E-state index contributed by atoms with van der Waals surface area (Å²) in [5, 5.41) is 4.44. The Bertz CT molecular complexity index is 1090. The summed E-state index contributed by atoms with van der Waals surface area (Å²) in [6.45, 7) is 7.59. The lowest BCUT2D eigenvalue weighted by Crippen LogP contribution is -2.39. The van der Waals surface area contributed by atoms with Gasteiger partial charge in [0.1, 0.15) is 17.2 Å². The molecule has 1 aliphatic rings. The minimum Gasteiger partial charge on any atom is -0.443 e. The zero-order valence-corrected chi connectivity index (χ0v) is 20.7. The summed E-state index contributed by atoms with van der Waals surface area (Å²) in [5.74, 6) is 2.05. The van der Waals surface area contributed by atoms with Gasteiger partial charge in [0.15, 0.2) is 5.65 Å². The number of anilines is 1. The van der Waals surface area contributed by atoms with Gasteiger partial charge in [-0.05, 0) is 74.0 Å². The molecule has 0 aliphatic carbocycles. The first kappa shape index (κ1) is 23.5. The van der Waals surface area contributed by atoms with Gasteiger partial charge in [-0.1, -0.05) is 18.2 Å². The summed E-state index contributed by atoms with van der Waals surface area (Å²) >= 11 is 3.51. The smallest absolute Gasteiger partial charge is 0.416 e.